The van der Waals surface area contributed by atoms with Crippen LogP contribution in [0.5, 0.6) is 0 Å². The van der Waals surface area contributed by atoms with Crippen LogP contribution in [0.1, 0.15) is 37.1 Å². The van der Waals surface area contributed by atoms with E-state index in [4.69, 9.17) is 4.52 Å². The SMILES string of the molecule is CCc1cc(C2CC2)no1. The van der Waals surface area contributed by atoms with Gasteiger partial charge in [-0.1, -0.05) is 12.1 Å². The van der Waals surface area contributed by atoms with Crippen LogP contribution in [0.4, 0.5) is 0 Å². The van der Waals surface area contributed by atoms with Crippen molar-refractivity contribution in [1.82, 2.24) is 5.16 Å². The molecule has 2 heteroatoms. The molecule has 0 spiro atoms. The van der Waals surface area contributed by atoms with Crippen LogP contribution in [-0.2, 0) is 6.42 Å². The average molecular weight is 137 g/mol. The van der Waals surface area contributed by atoms with Gasteiger partial charge in [-0.2, -0.15) is 0 Å². The molecular weight excluding hydrogens is 126 g/mol. The lowest BCUT2D eigenvalue weighted by atomic mass is 10.2. The molecule has 10 heavy (non-hydrogen) atoms. The lowest BCUT2D eigenvalue weighted by molar-refractivity contribution is 0.380. The van der Waals surface area contributed by atoms with Gasteiger partial charge in [0, 0.05) is 18.4 Å². The summed E-state index contributed by atoms with van der Waals surface area (Å²) >= 11 is 0. The van der Waals surface area contributed by atoms with Crippen molar-refractivity contribution in [3.8, 4) is 0 Å². The third-order valence-corrected chi connectivity index (χ3v) is 1.92. The van der Waals surface area contributed by atoms with E-state index in [1.54, 1.807) is 0 Å². The van der Waals surface area contributed by atoms with Crippen molar-refractivity contribution in [3.05, 3.63) is 17.5 Å². The number of aryl methyl sites for hydroxylation is 1. The molecule has 0 N–H and O–H groups in total. The molecule has 0 atom stereocenters. The first-order chi connectivity index (χ1) is 4.90. The Morgan fingerprint density at radius 1 is 1.70 bits per heavy atom. The molecule has 1 aliphatic rings. The van der Waals surface area contributed by atoms with Crippen LogP contribution in [-0.4, -0.2) is 5.16 Å². The Morgan fingerprint density at radius 2 is 2.50 bits per heavy atom. The molecule has 0 saturated heterocycles. The molecule has 1 fully saturated rings. The molecule has 1 heterocycles. The first-order valence-corrected chi connectivity index (χ1v) is 3.85. The van der Waals surface area contributed by atoms with Crippen LogP contribution in [0.2, 0.25) is 0 Å². The van der Waals surface area contributed by atoms with E-state index in [9.17, 15) is 0 Å². The van der Waals surface area contributed by atoms with E-state index in [2.05, 4.69) is 18.1 Å². The van der Waals surface area contributed by atoms with Crippen LogP contribution in [0.25, 0.3) is 0 Å². The summed E-state index contributed by atoms with van der Waals surface area (Å²) < 4.78 is 5.07. The molecule has 0 amide bonds. The molecule has 2 rings (SSSR count). The second-order valence-electron chi connectivity index (χ2n) is 2.85. The smallest absolute Gasteiger partial charge is 0.136 e. The Kier molecular flexibility index (Phi) is 1.26. The van der Waals surface area contributed by atoms with Crippen LogP contribution < -0.4 is 0 Å². The first kappa shape index (κ1) is 5.96. The zero-order valence-corrected chi connectivity index (χ0v) is 6.13. The van der Waals surface area contributed by atoms with E-state index in [1.807, 2.05) is 0 Å². The Hall–Kier alpha value is -0.790. The fourth-order valence-corrected chi connectivity index (χ4v) is 1.07. The van der Waals surface area contributed by atoms with Crippen molar-refractivity contribution >= 4 is 0 Å². The van der Waals surface area contributed by atoms with E-state index in [0.29, 0.717) is 0 Å². The van der Waals surface area contributed by atoms with Gasteiger partial charge in [0.1, 0.15) is 5.76 Å². The first-order valence-electron chi connectivity index (χ1n) is 3.85. The fourth-order valence-electron chi connectivity index (χ4n) is 1.07. The maximum atomic E-state index is 5.07. The van der Waals surface area contributed by atoms with Crippen LogP contribution in [0.3, 0.4) is 0 Å². The summed E-state index contributed by atoms with van der Waals surface area (Å²) in [5.41, 5.74) is 1.16. The minimum absolute atomic E-state index is 0.726. The molecule has 54 valence electrons. The molecule has 1 aromatic rings. The summed E-state index contributed by atoms with van der Waals surface area (Å²) in [5, 5.41) is 3.97. The van der Waals surface area contributed by atoms with Gasteiger partial charge >= 0.3 is 0 Å². The van der Waals surface area contributed by atoms with Gasteiger partial charge in [-0.25, -0.2) is 0 Å². The van der Waals surface area contributed by atoms with E-state index in [1.165, 1.54) is 12.8 Å². The molecule has 2 nitrogen and oxygen atoms in total. The minimum Gasteiger partial charge on any atom is -0.361 e. The number of nitrogens with zero attached hydrogens (tertiary/aromatic N) is 1. The predicted octanol–water partition coefficient (Wildman–Crippen LogP) is 2.11. The van der Waals surface area contributed by atoms with Gasteiger partial charge in [0.15, 0.2) is 0 Å². The summed E-state index contributed by atoms with van der Waals surface area (Å²) in [5.74, 6) is 1.74. The lowest BCUT2D eigenvalue weighted by Crippen LogP contribution is -1.74. The third-order valence-electron chi connectivity index (χ3n) is 1.92. The topological polar surface area (TPSA) is 26.0 Å². The molecule has 0 unspecified atom stereocenters. The molecule has 0 bridgehead atoms. The van der Waals surface area contributed by atoms with Gasteiger partial charge in [0.25, 0.3) is 0 Å². The van der Waals surface area contributed by atoms with Gasteiger partial charge in [-0.3, -0.25) is 0 Å². The number of aromatic nitrogens is 1. The summed E-state index contributed by atoms with van der Waals surface area (Å²) in [7, 11) is 0. The van der Waals surface area contributed by atoms with Crippen LogP contribution >= 0.6 is 0 Å². The standard InChI is InChI=1S/C8H11NO/c1-2-7-5-8(9-10-7)6-3-4-6/h5-6H,2-4H2,1H3. The molecule has 0 radical (unpaired) electrons. The Balaban J connectivity index is 2.19. The van der Waals surface area contributed by atoms with E-state index in [0.717, 1.165) is 23.8 Å². The zero-order valence-electron chi connectivity index (χ0n) is 6.13. The van der Waals surface area contributed by atoms with E-state index >= 15 is 0 Å². The van der Waals surface area contributed by atoms with Crippen LogP contribution in [0.15, 0.2) is 10.6 Å². The molecular formula is C8H11NO. The monoisotopic (exact) mass is 137 g/mol. The normalized spacial score (nSPS) is 17.7. The predicted molar refractivity (Wildman–Crippen MR) is 37.9 cm³/mol. The van der Waals surface area contributed by atoms with Gasteiger partial charge in [-0.15, -0.1) is 0 Å². The zero-order chi connectivity index (χ0) is 6.97. The summed E-state index contributed by atoms with van der Waals surface area (Å²) in [6.07, 6.45) is 3.56. The van der Waals surface area contributed by atoms with Crippen molar-refractivity contribution < 1.29 is 4.52 Å². The van der Waals surface area contributed by atoms with Gasteiger partial charge < -0.3 is 4.52 Å². The minimum atomic E-state index is 0.726. The van der Waals surface area contributed by atoms with Crippen molar-refractivity contribution in [1.29, 1.82) is 0 Å². The van der Waals surface area contributed by atoms with Crippen molar-refractivity contribution in [2.45, 2.75) is 32.1 Å². The highest BCUT2D eigenvalue weighted by Crippen LogP contribution is 2.39. The van der Waals surface area contributed by atoms with E-state index in [-0.39, 0.29) is 0 Å². The summed E-state index contributed by atoms with van der Waals surface area (Å²) in [6, 6.07) is 2.08. The second-order valence-corrected chi connectivity index (χ2v) is 2.85. The number of hydrogen-bond acceptors (Lipinski definition) is 2. The quantitative estimate of drug-likeness (QED) is 0.624. The van der Waals surface area contributed by atoms with Gasteiger partial charge in [0.2, 0.25) is 0 Å². The Morgan fingerprint density at radius 3 is 3.00 bits per heavy atom. The molecule has 1 aromatic heterocycles. The highest BCUT2D eigenvalue weighted by Gasteiger charge is 2.26. The second kappa shape index (κ2) is 2.11. The number of rotatable bonds is 2. The summed E-state index contributed by atoms with van der Waals surface area (Å²) in [6.45, 7) is 2.08. The van der Waals surface area contributed by atoms with Crippen molar-refractivity contribution in [2.24, 2.45) is 0 Å². The summed E-state index contributed by atoms with van der Waals surface area (Å²) in [4.78, 5) is 0. The molecule has 1 saturated carbocycles. The molecule has 0 aliphatic heterocycles. The average Bonchev–Trinajstić information content (AvgIpc) is 2.70. The highest BCUT2D eigenvalue weighted by molar-refractivity contribution is 5.15. The van der Waals surface area contributed by atoms with Crippen molar-refractivity contribution in [2.75, 3.05) is 0 Å². The third kappa shape index (κ3) is 0.939. The number of hydrogen-bond donors (Lipinski definition) is 0. The van der Waals surface area contributed by atoms with Gasteiger partial charge in [-0.05, 0) is 12.8 Å². The van der Waals surface area contributed by atoms with E-state index < -0.39 is 0 Å². The largest absolute Gasteiger partial charge is 0.361 e. The lowest BCUT2D eigenvalue weighted by Gasteiger charge is -1.79. The maximum Gasteiger partial charge on any atom is 0.136 e. The Bertz CT molecular complexity index is 225. The molecule has 1 aliphatic carbocycles. The van der Waals surface area contributed by atoms with Crippen LogP contribution in [0, 0.1) is 0 Å². The fraction of sp³-hybridized carbons (Fsp3) is 0.625. The maximum absolute atomic E-state index is 5.07. The highest BCUT2D eigenvalue weighted by atomic mass is 16.5. The van der Waals surface area contributed by atoms with Crippen molar-refractivity contribution in [3.63, 3.8) is 0 Å². The molecule has 0 aromatic carbocycles. The van der Waals surface area contributed by atoms with Gasteiger partial charge in [0.05, 0.1) is 5.69 Å². The Labute approximate surface area is 60.2 Å².